The third kappa shape index (κ3) is 11.6. The molecule has 1 saturated heterocycles. The van der Waals surface area contributed by atoms with Crippen LogP contribution >= 0.6 is 11.6 Å². The van der Waals surface area contributed by atoms with Crippen molar-refractivity contribution in [1.82, 2.24) is 9.88 Å². The summed E-state index contributed by atoms with van der Waals surface area (Å²) in [6.45, 7) is 2.88. The largest absolute Gasteiger partial charge is 0.481 e. The lowest BCUT2D eigenvalue weighted by Gasteiger charge is -2.27. The van der Waals surface area contributed by atoms with Gasteiger partial charge < -0.3 is 35.3 Å². The van der Waals surface area contributed by atoms with E-state index in [0.717, 1.165) is 13.1 Å². The Morgan fingerprint density at radius 3 is 2.24 bits per heavy atom. The second kappa shape index (κ2) is 14.4. The van der Waals surface area contributed by atoms with Crippen molar-refractivity contribution in [1.29, 1.82) is 0 Å². The Morgan fingerprint density at radius 1 is 1.15 bits per heavy atom. The van der Waals surface area contributed by atoms with Gasteiger partial charge in [0.25, 0.3) is 0 Å². The van der Waals surface area contributed by atoms with Crippen LogP contribution < -0.4 is 0 Å². The van der Waals surface area contributed by atoms with Crippen LogP contribution in [0.25, 0.3) is 0 Å². The first kappa shape index (κ1) is 28.2. The predicted octanol–water partition coefficient (Wildman–Crippen LogP) is 0.597. The average molecular weight is 490 g/mol. The van der Waals surface area contributed by atoms with Gasteiger partial charge in [0, 0.05) is 24.5 Å². The average Bonchev–Trinajstić information content (AvgIpc) is 2.74. The van der Waals surface area contributed by atoms with Crippen LogP contribution in [0, 0.1) is 0 Å². The van der Waals surface area contributed by atoms with Gasteiger partial charge >= 0.3 is 17.9 Å². The molecule has 0 aliphatic carbocycles. The zero-order chi connectivity index (χ0) is 24.9. The maximum Gasteiger partial charge on any atom is 0.336 e. The second-order valence-corrected chi connectivity index (χ2v) is 7.77. The molecule has 0 saturated carbocycles. The van der Waals surface area contributed by atoms with Crippen LogP contribution in [0.2, 0.25) is 0 Å². The summed E-state index contributed by atoms with van der Waals surface area (Å²) in [7, 11) is 0. The van der Waals surface area contributed by atoms with Crippen LogP contribution in [0.4, 0.5) is 0 Å². The van der Waals surface area contributed by atoms with Gasteiger partial charge in [0.05, 0.1) is 12.8 Å². The minimum atomic E-state index is -2.74. The Balaban J connectivity index is 0.000000366. The van der Waals surface area contributed by atoms with Crippen molar-refractivity contribution < 1.29 is 44.8 Å². The smallest absolute Gasteiger partial charge is 0.336 e. The van der Waals surface area contributed by atoms with Crippen LogP contribution in [0.15, 0.2) is 29.7 Å². The number of halogens is 1. The predicted molar refractivity (Wildman–Crippen MR) is 116 cm³/mol. The number of aliphatic hydroxyl groups is 2. The lowest BCUT2D eigenvalue weighted by atomic mass is 9.96. The van der Waals surface area contributed by atoms with E-state index >= 15 is 0 Å². The molecule has 1 aliphatic heterocycles. The highest BCUT2D eigenvalue weighted by Gasteiger charge is 2.40. The quantitative estimate of drug-likeness (QED) is 0.216. The summed E-state index contributed by atoms with van der Waals surface area (Å²) in [5.74, 6) is -5.02. The molecule has 5 N–H and O–H groups in total. The lowest BCUT2D eigenvalue weighted by Crippen LogP contribution is -2.42. The first-order valence-electron chi connectivity index (χ1n) is 10.1. The van der Waals surface area contributed by atoms with Crippen molar-refractivity contribution >= 4 is 34.7 Å². The minimum Gasteiger partial charge on any atom is -0.481 e. The second-order valence-electron chi connectivity index (χ2n) is 7.41. The zero-order valence-electron chi connectivity index (χ0n) is 17.8. The molecule has 1 fully saturated rings. The van der Waals surface area contributed by atoms with Gasteiger partial charge in [0.15, 0.2) is 10.8 Å². The standard InChI is InChI=1S/C14H20ClN3O2.C6H8O7/c15-14(12-5-4-6-16-9-12)17-20-11-13(19)10-18-7-2-1-3-8-18;7-3(8)1-6(13,5(11)12)2-4(9)10/h4-6,9,13,19H,1-3,7-8,10-11H2;13H,1-2H2,(H,7,8)(H,9,10)(H,11,12)/t13-;/m1./s1. The molecular formula is C20H28ClN3O9. The Hall–Kier alpha value is -2.80. The summed E-state index contributed by atoms with van der Waals surface area (Å²) in [6.07, 6.45) is 4.14. The monoisotopic (exact) mass is 489 g/mol. The van der Waals surface area contributed by atoms with Crippen molar-refractivity contribution in [3.05, 3.63) is 30.1 Å². The van der Waals surface area contributed by atoms with Crippen molar-refractivity contribution in [2.24, 2.45) is 5.16 Å². The summed E-state index contributed by atoms with van der Waals surface area (Å²) in [5, 5.41) is 47.7. The van der Waals surface area contributed by atoms with Crippen molar-refractivity contribution in [3.8, 4) is 0 Å². The summed E-state index contributed by atoms with van der Waals surface area (Å²) in [5.41, 5.74) is -2.04. The van der Waals surface area contributed by atoms with Crippen molar-refractivity contribution in [3.63, 3.8) is 0 Å². The number of carbonyl (C=O) groups is 3. The molecular weight excluding hydrogens is 462 g/mol. The molecule has 1 aliphatic rings. The Kier molecular flexibility index (Phi) is 12.3. The molecule has 0 amide bonds. The number of likely N-dealkylation sites (tertiary alicyclic amines) is 1. The number of rotatable bonds is 11. The number of aliphatic carboxylic acids is 3. The van der Waals surface area contributed by atoms with E-state index in [1.165, 1.54) is 19.3 Å². The summed E-state index contributed by atoms with van der Waals surface area (Å²) < 4.78 is 0. The normalized spacial score (nSPS) is 15.7. The lowest BCUT2D eigenvalue weighted by molar-refractivity contribution is -0.170. The Bertz CT molecular complexity index is 785. The van der Waals surface area contributed by atoms with E-state index in [2.05, 4.69) is 15.0 Å². The molecule has 0 spiro atoms. The van der Waals surface area contributed by atoms with Gasteiger partial charge in [-0.15, -0.1) is 0 Å². The zero-order valence-corrected chi connectivity index (χ0v) is 18.6. The van der Waals surface area contributed by atoms with Crippen molar-refractivity contribution in [2.75, 3.05) is 26.2 Å². The van der Waals surface area contributed by atoms with Crippen LogP contribution in [0.1, 0.15) is 37.7 Å². The molecule has 33 heavy (non-hydrogen) atoms. The first-order valence-corrected chi connectivity index (χ1v) is 10.5. The van der Waals surface area contributed by atoms with Crippen LogP contribution in [-0.4, -0.2) is 96.4 Å². The number of pyridine rings is 1. The van der Waals surface area contributed by atoms with Crippen LogP contribution in [-0.2, 0) is 19.2 Å². The molecule has 13 heteroatoms. The molecule has 1 atom stereocenters. The summed E-state index contributed by atoms with van der Waals surface area (Å²) in [4.78, 5) is 41.8. The third-order valence-electron chi connectivity index (χ3n) is 4.51. The Labute approximate surface area is 195 Å². The fourth-order valence-corrected chi connectivity index (χ4v) is 3.08. The summed E-state index contributed by atoms with van der Waals surface area (Å²) in [6, 6.07) is 3.57. The summed E-state index contributed by atoms with van der Waals surface area (Å²) >= 11 is 5.97. The molecule has 1 aromatic rings. The molecule has 0 unspecified atom stereocenters. The van der Waals surface area contributed by atoms with Gasteiger partial charge in [-0.1, -0.05) is 23.2 Å². The highest BCUT2D eigenvalue weighted by molar-refractivity contribution is 6.69. The van der Waals surface area contributed by atoms with E-state index in [4.69, 9.17) is 36.9 Å². The number of carboxylic acid groups (broad SMARTS) is 3. The molecule has 12 nitrogen and oxygen atoms in total. The maximum absolute atomic E-state index is 10.3. The number of hydrogen-bond acceptors (Lipinski definition) is 9. The van der Waals surface area contributed by atoms with Gasteiger partial charge in [-0.2, -0.15) is 0 Å². The molecule has 184 valence electrons. The Morgan fingerprint density at radius 2 is 1.76 bits per heavy atom. The molecule has 1 aromatic heterocycles. The number of oxime groups is 1. The van der Waals surface area contributed by atoms with E-state index in [0.29, 0.717) is 12.1 Å². The molecule has 0 aromatic carbocycles. The third-order valence-corrected chi connectivity index (χ3v) is 4.80. The fourth-order valence-electron chi connectivity index (χ4n) is 2.92. The number of carboxylic acids is 3. The number of hydrogen-bond donors (Lipinski definition) is 5. The van der Waals surface area contributed by atoms with E-state index < -0.39 is 42.5 Å². The van der Waals surface area contributed by atoms with Gasteiger partial charge in [0.2, 0.25) is 0 Å². The van der Waals surface area contributed by atoms with Gasteiger partial charge in [-0.05, 0) is 38.1 Å². The maximum atomic E-state index is 10.3. The molecule has 0 bridgehead atoms. The topological polar surface area (TPSA) is 190 Å². The SMILES string of the molecule is O=C(O)CC(O)(CC(=O)O)C(=O)O.O[C@@H](CON=C(Cl)c1cccnc1)CN1CCCCC1. The van der Waals surface area contributed by atoms with E-state index in [-0.39, 0.29) is 11.8 Å². The number of aliphatic hydroxyl groups excluding tert-OH is 1. The van der Waals surface area contributed by atoms with E-state index in [1.54, 1.807) is 24.5 Å². The minimum absolute atomic E-state index is 0.146. The van der Waals surface area contributed by atoms with Crippen LogP contribution in [0.5, 0.6) is 0 Å². The van der Waals surface area contributed by atoms with Gasteiger partial charge in [-0.3, -0.25) is 14.6 Å². The fraction of sp³-hybridized carbons (Fsp3) is 0.550. The highest BCUT2D eigenvalue weighted by atomic mass is 35.5. The van der Waals surface area contributed by atoms with Crippen molar-refractivity contribution in [2.45, 2.75) is 43.8 Å². The van der Waals surface area contributed by atoms with Gasteiger partial charge in [0.1, 0.15) is 12.7 Å². The number of piperidine rings is 1. The molecule has 2 rings (SSSR count). The highest BCUT2D eigenvalue weighted by Crippen LogP contribution is 2.15. The number of nitrogens with zero attached hydrogens (tertiary/aromatic N) is 3. The van der Waals surface area contributed by atoms with E-state index in [1.807, 2.05) is 0 Å². The van der Waals surface area contributed by atoms with E-state index in [9.17, 15) is 19.5 Å². The van der Waals surface area contributed by atoms with Gasteiger partial charge in [-0.25, -0.2) is 4.79 Å². The molecule has 0 radical (unpaired) electrons. The molecule has 2 heterocycles. The van der Waals surface area contributed by atoms with Crippen LogP contribution in [0.3, 0.4) is 0 Å². The number of β-amino-alcohol motifs (C(OH)–C–C–N with tert-alkyl or cyclic N) is 1. The number of aromatic nitrogens is 1. The first-order chi connectivity index (χ1) is 15.5.